The zero-order valence-corrected chi connectivity index (χ0v) is 6.33. The van der Waals surface area contributed by atoms with Gasteiger partial charge in [-0.25, -0.2) is 4.79 Å². The van der Waals surface area contributed by atoms with Gasteiger partial charge in [0.25, 0.3) is 0 Å². The third kappa shape index (κ3) is 29.6. The highest BCUT2D eigenvalue weighted by Gasteiger charge is 1.79. The van der Waals surface area contributed by atoms with Crippen LogP contribution < -0.4 is 11.1 Å². The number of carbonyl (C=O) groups is 2. The quantitative estimate of drug-likeness (QED) is 0.557. The molecule has 0 spiro atoms. The molecule has 0 aromatic rings. The summed E-state index contributed by atoms with van der Waals surface area (Å²) >= 11 is 0. The van der Waals surface area contributed by atoms with Gasteiger partial charge in [0.05, 0.1) is 6.07 Å². The summed E-state index contributed by atoms with van der Waals surface area (Å²) in [4.78, 5) is 18.7. The Morgan fingerprint density at radius 3 is 2.36 bits per heavy atom. The molecule has 3 amide bonds. The lowest BCUT2D eigenvalue weighted by Crippen LogP contribution is -2.27. The van der Waals surface area contributed by atoms with Crippen LogP contribution in [0, 0.1) is 11.3 Å². The van der Waals surface area contributed by atoms with Crippen molar-refractivity contribution in [3.8, 4) is 6.07 Å². The smallest absolute Gasteiger partial charge is 0.318 e. The maximum absolute atomic E-state index is 9.48. The molecule has 0 aliphatic carbocycles. The molecule has 0 aliphatic rings. The summed E-state index contributed by atoms with van der Waals surface area (Å²) in [5.74, 6) is 0. The van der Waals surface area contributed by atoms with Crippen LogP contribution in [0.2, 0.25) is 0 Å². The molecular weight excluding hydrogens is 146 g/mol. The molecule has 0 aliphatic heterocycles. The minimum Gasteiger partial charge on any atom is -0.351 e. The summed E-state index contributed by atoms with van der Waals surface area (Å²) < 4.78 is 0. The first-order valence-corrected chi connectivity index (χ1v) is 3.05. The third-order valence-electron chi connectivity index (χ3n) is 0.563. The molecule has 0 heterocycles. The van der Waals surface area contributed by atoms with Crippen LogP contribution in [-0.2, 0) is 4.79 Å². The van der Waals surface area contributed by atoms with Gasteiger partial charge in [0.2, 0.25) is 6.41 Å². The molecule has 0 fully saturated rings. The van der Waals surface area contributed by atoms with E-state index in [4.69, 9.17) is 5.26 Å². The van der Waals surface area contributed by atoms with Gasteiger partial charge in [0.1, 0.15) is 0 Å². The average Bonchev–Trinajstić information content (AvgIpc) is 1.90. The second-order valence-corrected chi connectivity index (χ2v) is 1.53. The highest BCUT2D eigenvalue weighted by molar-refractivity contribution is 5.82. The lowest BCUT2D eigenvalue weighted by Gasteiger charge is -1.79. The van der Waals surface area contributed by atoms with Crippen LogP contribution in [0.5, 0.6) is 0 Å². The number of imide groups is 1. The molecule has 0 saturated heterocycles. The highest BCUT2D eigenvalue weighted by Crippen LogP contribution is 1.77. The number of hydrogen-bond acceptors (Lipinski definition) is 3. The molecular formula is C6H11N3O2. The largest absolute Gasteiger partial charge is 0.351 e. The normalized spacial score (nSPS) is 6.55. The first-order valence-electron chi connectivity index (χ1n) is 3.05. The molecule has 0 aromatic carbocycles. The predicted octanol–water partition coefficient (Wildman–Crippen LogP) is 0.121. The number of nitrogens with one attached hydrogen (secondary N) is 1. The molecule has 0 unspecified atom stereocenters. The minimum atomic E-state index is -0.829. The van der Waals surface area contributed by atoms with Gasteiger partial charge in [0, 0.05) is 6.42 Å². The second kappa shape index (κ2) is 11.3. The number of nitrogens with two attached hydrogens (primary N) is 1. The van der Waals surface area contributed by atoms with Crippen LogP contribution in [0.1, 0.15) is 19.8 Å². The molecule has 0 rings (SSSR count). The van der Waals surface area contributed by atoms with E-state index < -0.39 is 6.03 Å². The van der Waals surface area contributed by atoms with Crippen LogP contribution in [0.3, 0.4) is 0 Å². The molecule has 0 saturated carbocycles. The molecule has 5 nitrogen and oxygen atoms in total. The number of urea groups is 1. The van der Waals surface area contributed by atoms with E-state index in [2.05, 4.69) is 5.73 Å². The van der Waals surface area contributed by atoms with Gasteiger partial charge >= 0.3 is 6.03 Å². The van der Waals surface area contributed by atoms with Crippen molar-refractivity contribution in [1.29, 1.82) is 5.26 Å². The molecule has 11 heavy (non-hydrogen) atoms. The summed E-state index contributed by atoms with van der Waals surface area (Å²) in [6.45, 7) is 1.99. The van der Waals surface area contributed by atoms with Crippen LogP contribution in [0.15, 0.2) is 0 Å². The maximum Gasteiger partial charge on any atom is 0.318 e. The fourth-order valence-electron chi connectivity index (χ4n) is 0.170. The minimum absolute atomic E-state index is 0.225. The van der Waals surface area contributed by atoms with Crippen LogP contribution >= 0.6 is 0 Å². The first-order chi connectivity index (χ1) is 5.18. The maximum atomic E-state index is 9.48. The van der Waals surface area contributed by atoms with Crippen molar-refractivity contribution < 1.29 is 9.59 Å². The van der Waals surface area contributed by atoms with Gasteiger partial charge in [-0.2, -0.15) is 5.26 Å². The number of primary amides is 1. The van der Waals surface area contributed by atoms with Crippen molar-refractivity contribution in [2.75, 3.05) is 0 Å². The number of amides is 3. The van der Waals surface area contributed by atoms with Crippen molar-refractivity contribution in [2.24, 2.45) is 5.73 Å². The van der Waals surface area contributed by atoms with E-state index in [-0.39, 0.29) is 6.41 Å². The van der Waals surface area contributed by atoms with E-state index in [1.165, 1.54) is 0 Å². The monoisotopic (exact) mass is 157 g/mol. The highest BCUT2D eigenvalue weighted by atomic mass is 16.2. The van der Waals surface area contributed by atoms with Crippen LogP contribution in [0.25, 0.3) is 0 Å². The number of nitriles is 1. The van der Waals surface area contributed by atoms with Crippen molar-refractivity contribution in [1.82, 2.24) is 5.32 Å². The predicted molar refractivity (Wildman–Crippen MR) is 39.3 cm³/mol. The van der Waals surface area contributed by atoms with E-state index in [9.17, 15) is 9.59 Å². The van der Waals surface area contributed by atoms with E-state index >= 15 is 0 Å². The van der Waals surface area contributed by atoms with Crippen molar-refractivity contribution in [3.05, 3.63) is 0 Å². The Morgan fingerprint density at radius 1 is 1.82 bits per heavy atom. The Labute approximate surface area is 65.2 Å². The topological polar surface area (TPSA) is 96.0 Å². The zero-order chi connectivity index (χ0) is 9.11. The van der Waals surface area contributed by atoms with E-state index in [1.807, 2.05) is 13.0 Å². The van der Waals surface area contributed by atoms with Gasteiger partial charge in [-0.3, -0.25) is 10.1 Å². The van der Waals surface area contributed by atoms with Crippen LogP contribution in [-0.4, -0.2) is 12.4 Å². The molecule has 0 aromatic heterocycles. The van der Waals surface area contributed by atoms with Gasteiger partial charge < -0.3 is 5.73 Å². The number of nitrogens with zero attached hydrogens (tertiary/aromatic N) is 1. The first kappa shape index (κ1) is 12.1. The van der Waals surface area contributed by atoms with E-state index in [1.54, 1.807) is 5.32 Å². The molecule has 3 N–H and O–H groups in total. The Hall–Kier alpha value is -1.57. The lowest BCUT2D eigenvalue weighted by molar-refractivity contribution is -0.108. The van der Waals surface area contributed by atoms with Crippen molar-refractivity contribution in [3.63, 3.8) is 0 Å². The number of rotatable bonds is 2. The Bertz CT molecular complexity index is 150. The van der Waals surface area contributed by atoms with Gasteiger partial charge in [-0.1, -0.05) is 6.92 Å². The second-order valence-electron chi connectivity index (χ2n) is 1.53. The summed E-state index contributed by atoms with van der Waals surface area (Å²) in [5.41, 5.74) is 4.42. The number of hydrogen-bond donors (Lipinski definition) is 2. The van der Waals surface area contributed by atoms with Crippen molar-refractivity contribution in [2.45, 2.75) is 19.8 Å². The Balaban J connectivity index is 0. The molecule has 0 radical (unpaired) electrons. The van der Waals surface area contributed by atoms with Gasteiger partial charge in [0.15, 0.2) is 0 Å². The standard InChI is InChI=1S/C4H7N.C2H4N2O2/c1-2-3-4-5;3-2(6)4-1-5/h2-3H2,1H3;1H,(H3,3,4,5,6). The summed E-state index contributed by atoms with van der Waals surface area (Å²) in [6.07, 6.45) is 1.90. The third-order valence-corrected chi connectivity index (χ3v) is 0.563. The Morgan fingerprint density at radius 2 is 2.36 bits per heavy atom. The van der Waals surface area contributed by atoms with Gasteiger partial charge in [-0.05, 0) is 6.42 Å². The number of unbranched alkanes of at least 4 members (excludes halogenated alkanes) is 1. The summed E-state index contributed by atoms with van der Waals surface area (Å²) in [6, 6.07) is 1.19. The van der Waals surface area contributed by atoms with Gasteiger partial charge in [-0.15, -0.1) is 0 Å². The molecule has 62 valence electrons. The zero-order valence-electron chi connectivity index (χ0n) is 6.33. The van der Waals surface area contributed by atoms with E-state index in [0.717, 1.165) is 6.42 Å². The van der Waals surface area contributed by atoms with Crippen molar-refractivity contribution >= 4 is 12.4 Å². The Kier molecular flexibility index (Phi) is 12.4. The lowest BCUT2D eigenvalue weighted by atomic mass is 10.4. The fraction of sp³-hybridized carbons (Fsp3) is 0.500. The average molecular weight is 157 g/mol. The molecule has 0 atom stereocenters. The molecule has 0 bridgehead atoms. The molecule has 5 heteroatoms. The number of carbonyl (C=O) groups excluding carboxylic acids is 2. The van der Waals surface area contributed by atoms with Crippen LogP contribution in [0.4, 0.5) is 4.79 Å². The SMILES string of the molecule is CCCC#N.NC(=O)NC=O. The fourth-order valence-corrected chi connectivity index (χ4v) is 0.170. The summed E-state index contributed by atoms with van der Waals surface area (Å²) in [5, 5.41) is 9.48. The van der Waals surface area contributed by atoms with E-state index in [0.29, 0.717) is 6.42 Å². The summed E-state index contributed by atoms with van der Waals surface area (Å²) in [7, 11) is 0.